The monoisotopic (exact) mass is 280 g/mol. The van der Waals surface area contributed by atoms with Crippen molar-refractivity contribution in [2.45, 2.75) is 6.92 Å². The van der Waals surface area contributed by atoms with Crippen LogP contribution >= 0.6 is 0 Å². The first kappa shape index (κ1) is 13.2. The number of hydrogen-bond donors (Lipinski definition) is 2. The number of nitrogens with one attached hydrogen (secondary N) is 1. The molecular formula is C17H16N2O2. The van der Waals surface area contributed by atoms with Crippen LogP contribution in [0.15, 0.2) is 42.6 Å². The molecular weight excluding hydrogens is 264 g/mol. The quantitative estimate of drug-likeness (QED) is 0.571. The normalized spacial score (nSPS) is 10.8. The van der Waals surface area contributed by atoms with E-state index >= 15 is 0 Å². The number of carbonyl (C=O) groups excluding carboxylic acids is 1. The molecule has 106 valence electrons. The maximum Gasteiger partial charge on any atom is 0.200 e. The standard InChI is InChI=1S/C17H16N2O2/c1-10-5-3-7-13-15(10)11(9-19-13)17(20)16-12(18)6-4-8-14(16)21-2/h3-9,19H,18H2,1-2H3. The lowest BCUT2D eigenvalue weighted by Gasteiger charge is -2.10. The summed E-state index contributed by atoms with van der Waals surface area (Å²) in [6, 6.07) is 11.1. The summed E-state index contributed by atoms with van der Waals surface area (Å²) in [6.45, 7) is 1.98. The number of ketones is 1. The van der Waals surface area contributed by atoms with Gasteiger partial charge in [0, 0.05) is 28.4 Å². The molecule has 1 aromatic heterocycles. The van der Waals surface area contributed by atoms with Crippen molar-refractivity contribution in [2.75, 3.05) is 12.8 Å². The first-order valence-corrected chi connectivity index (χ1v) is 6.67. The van der Waals surface area contributed by atoms with Crippen molar-refractivity contribution in [3.63, 3.8) is 0 Å². The predicted octanol–water partition coefficient (Wildman–Crippen LogP) is 3.30. The van der Waals surface area contributed by atoms with Crippen LogP contribution in [0.3, 0.4) is 0 Å². The molecule has 0 saturated heterocycles. The van der Waals surface area contributed by atoms with Gasteiger partial charge in [-0.1, -0.05) is 18.2 Å². The maximum atomic E-state index is 12.9. The number of nitrogens with two attached hydrogens (primary N) is 1. The highest BCUT2D eigenvalue weighted by Gasteiger charge is 2.21. The zero-order valence-electron chi connectivity index (χ0n) is 11.9. The molecule has 0 aliphatic carbocycles. The van der Waals surface area contributed by atoms with Crippen molar-refractivity contribution in [1.29, 1.82) is 0 Å². The molecule has 2 aromatic carbocycles. The predicted molar refractivity (Wildman–Crippen MR) is 83.9 cm³/mol. The first-order valence-electron chi connectivity index (χ1n) is 6.67. The highest BCUT2D eigenvalue weighted by Crippen LogP contribution is 2.30. The summed E-state index contributed by atoms with van der Waals surface area (Å²) >= 11 is 0. The van der Waals surface area contributed by atoms with Gasteiger partial charge in [-0.3, -0.25) is 4.79 Å². The third-order valence-corrected chi connectivity index (χ3v) is 3.66. The van der Waals surface area contributed by atoms with E-state index in [0.717, 1.165) is 16.5 Å². The van der Waals surface area contributed by atoms with Crippen LogP contribution in [0, 0.1) is 6.92 Å². The van der Waals surface area contributed by atoms with Crippen molar-refractivity contribution < 1.29 is 9.53 Å². The number of ether oxygens (including phenoxy) is 1. The fourth-order valence-electron chi connectivity index (χ4n) is 2.64. The number of rotatable bonds is 3. The fourth-order valence-corrected chi connectivity index (χ4v) is 2.64. The number of carbonyl (C=O) groups is 1. The van der Waals surface area contributed by atoms with Gasteiger partial charge >= 0.3 is 0 Å². The SMILES string of the molecule is COc1cccc(N)c1C(=O)c1c[nH]c2cccc(C)c12. The topological polar surface area (TPSA) is 68.1 Å². The van der Waals surface area contributed by atoms with Crippen LogP contribution in [-0.2, 0) is 0 Å². The number of aromatic nitrogens is 1. The van der Waals surface area contributed by atoms with E-state index < -0.39 is 0 Å². The van der Waals surface area contributed by atoms with Crippen molar-refractivity contribution >= 4 is 22.4 Å². The zero-order chi connectivity index (χ0) is 15.0. The minimum absolute atomic E-state index is 0.134. The first-order chi connectivity index (χ1) is 10.1. The lowest BCUT2D eigenvalue weighted by molar-refractivity contribution is 0.103. The van der Waals surface area contributed by atoms with Gasteiger partial charge in [-0.2, -0.15) is 0 Å². The number of benzene rings is 2. The average molecular weight is 280 g/mol. The van der Waals surface area contributed by atoms with E-state index in [2.05, 4.69) is 4.98 Å². The van der Waals surface area contributed by atoms with E-state index in [9.17, 15) is 4.79 Å². The van der Waals surface area contributed by atoms with Crippen LogP contribution in [0.2, 0.25) is 0 Å². The second-order valence-electron chi connectivity index (χ2n) is 4.95. The average Bonchev–Trinajstić information content (AvgIpc) is 2.91. The van der Waals surface area contributed by atoms with Crippen LogP contribution in [-0.4, -0.2) is 17.9 Å². The molecule has 3 rings (SSSR count). The summed E-state index contributed by atoms with van der Waals surface area (Å²) < 4.78 is 5.28. The molecule has 4 nitrogen and oxygen atoms in total. The third-order valence-electron chi connectivity index (χ3n) is 3.66. The Labute approximate surface area is 122 Å². The van der Waals surface area contributed by atoms with Crippen LogP contribution in [0.4, 0.5) is 5.69 Å². The van der Waals surface area contributed by atoms with Gasteiger partial charge < -0.3 is 15.5 Å². The molecule has 0 bridgehead atoms. The van der Waals surface area contributed by atoms with Crippen molar-refractivity contribution in [2.24, 2.45) is 0 Å². The molecule has 0 radical (unpaired) electrons. The van der Waals surface area contributed by atoms with Crippen LogP contribution in [0.5, 0.6) is 5.75 Å². The number of nitrogen functional groups attached to an aromatic ring is 1. The Hall–Kier alpha value is -2.75. The summed E-state index contributed by atoms with van der Waals surface area (Å²) in [4.78, 5) is 16.0. The number of aryl methyl sites for hydroxylation is 1. The van der Waals surface area contributed by atoms with E-state index in [4.69, 9.17) is 10.5 Å². The van der Waals surface area contributed by atoms with Crippen molar-refractivity contribution in [1.82, 2.24) is 4.98 Å². The van der Waals surface area contributed by atoms with Gasteiger partial charge in [0.05, 0.1) is 12.7 Å². The van der Waals surface area contributed by atoms with Gasteiger partial charge in [0.25, 0.3) is 0 Å². The lowest BCUT2D eigenvalue weighted by atomic mass is 9.98. The van der Waals surface area contributed by atoms with Gasteiger partial charge in [-0.25, -0.2) is 0 Å². The number of anilines is 1. The van der Waals surface area contributed by atoms with Gasteiger partial charge in [0.1, 0.15) is 5.75 Å². The Balaban J connectivity index is 2.23. The van der Waals surface area contributed by atoms with Crippen LogP contribution in [0.1, 0.15) is 21.5 Å². The van der Waals surface area contributed by atoms with Gasteiger partial charge in [0.15, 0.2) is 0 Å². The molecule has 0 unspecified atom stereocenters. The molecule has 0 spiro atoms. The largest absolute Gasteiger partial charge is 0.496 e. The summed E-state index contributed by atoms with van der Waals surface area (Å²) in [5.74, 6) is 0.355. The summed E-state index contributed by atoms with van der Waals surface area (Å²) in [7, 11) is 1.53. The molecule has 3 N–H and O–H groups in total. The van der Waals surface area contributed by atoms with E-state index in [-0.39, 0.29) is 5.78 Å². The Morgan fingerprint density at radius 2 is 1.95 bits per heavy atom. The van der Waals surface area contributed by atoms with Crippen LogP contribution in [0.25, 0.3) is 10.9 Å². The molecule has 1 heterocycles. The Kier molecular flexibility index (Phi) is 3.14. The second kappa shape index (κ2) is 4.98. The third kappa shape index (κ3) is 2.05. The van der Waals surface area contributed by atoms with E-state index in [1.54, 1.807) is 24.4 Å². The molecule has 0 aliphatic heterocycles. The molecule has 0 saturated carbocycles. The molecule has 0 fully saturated rings. The minimum Gasteiger partial charge on any atom is -0.496 e. The summed E-state index contributed by atoms with van der Waals surface area (Å²) in [6.07, 6.45) is 1.73. The van der Waals surface area contributed by atoms with E-state index in [1.165, 1.54) is 7.11 Å². The molecule has 0 amide bonds. The fraction of sp³-hybridized carbons (Fsp3) is 0.118. The highest BCUT2D eigenvalue weighted by molar-refractivity contribution is 6.20. The maximum absolute atomic E-state index is 12.9. The number of aromatic amines is 1. The Morgan fingerprint density at radius 1 is 1.19 bits per heavy atom. The minimum atomic E-state index is -0.134. The zero-order valence-corrected chi connectivity index (χ0v) is 11.9. The molecule has 4 heteroatoms. The lowest BCUT2D eigenvalue weighted by Crippen LogP contribution is -2.07. The Bertz CT molecular complexity index is 834. The van der Waals surface area contributed by atoms with Gasteiger partial charge in [0.2, 0.25) is 5.78 Å². The summed E-state index contributed by atoms with van der Waals surface area (Å²) in [5.41, 5.74) is 9.39. The Morgan fingerprint density at radius 3 is 2.71 bits per heavy atom. The van der Waals surface area contributed by atoms with E-state index in [1.807, 2.05) is 25.1 Å². The second-order valence-corrected chi connectivity index (χ2v) is 4.95. The number of hydrogen-bond acceptors (Lipinski definition) is 3. The van der Waals surface area contributed by atoms with E-state index in [0.29, 0.717) is 22.6 Å². The number of H-pyrrole nitrogens is 1. The molecule has 3 aromatic rings. The smallest absolute Gasteiger partial charge is 0.200 e. The number of methoxy groups -OCH3 is 1. The van der Waals surface area contributed by atoms with Crippen LogP contribution < -0.4 is 10.5 Å². The summed E-state index contributed by atoms with van der Waals surface area (Å²) in [5, 5.41) is 0.924. The highest BCUT2D eigenvalue weighted by atomic mass is 16.5. The van der Waals surface area contributed by atoms with Gasteiger partial charge in [-0.15, -0.1) is 0 Å². The molecule has 0 atom stereocenters. The number of fused-ring (bicyclic) bond motifs is 1. The van der Waals surface area contributed by atoms with Crippen molar-refractivity contribution in [3.05, 3.63) is 59.3 Å². The van der Waals surface area contributed by atoms with Crippen molar-refractivity contribution in [3.8, 4) is 5.75 Å². The molecule has 0 aliphatic rings. The molecule has 21 heavy (non-hydrogen) atoms. The van der Waals surface area contributed by atoms with Gasteiger partial charge in [-0.05, 0) is 30.7 Å².